The quantitative estimate of drug-likeness (QED) is 0.616. The Morgan fingerprint density at radius 3 is 2.96 bits per heavy atom. The Kier molecular flexibility index (Phi) is 3.53. The highest BCUT2D eigenvalue weighted by Crippen LogP contribution is 2.33. The number of imidazole rings is 1. The molecule has 1 N–H and O–H groups in total. The highest BCUT2D eigenvalue weighted by Gasteiger charge is 2.29. The number of aromatic amines is 1. The lowest BCUT2D eigenvalue weighted by molar-refractivity contribution is 0.242. The highest BCUT2D eigenvalue weighted by molar-refractivity contribution is 5.74. The first-order chi connectivity index (χ1) is 12.7. The van der Waals surface area contributed by atoms with Crippen LogP contribution >= 0.6 is 0 Å². The molecule has 0 amide bonds. The molecule has 0 bridgehead atoms. The molecule has 1 aromatic carbocycles. The molecular weight excluding hydrogens is 324 g/mol. The number of para-hydroxylation sites is 2. The topological polar surface area (TPSA) is 62.1 Å². The number of aryl methyl sites for hydroxylation is 2. The van der Waals surface area contributed by atoms with Gasteiger partial charge in [0.05, 0.1) is 23.3 Å². The van der Waals surface area contributed by atoms with E-state index in [1.807, 2.05) is 29.8 Å². The third-order valence-electron chi connectivity index (χ3n) is 5.31. The summed E-state index contributed by atoms with van der Waals surface area (Å²) in [4.78, 5) is 15.6. The van der Waals surface area contributed by atoms with Crippen LogP contribution in [-0.2, 0) is 6.54 Å². The molecule has 1 aliphatic heterocycles. The predicted octanol–water partition coefficient (Wildman–Crippen LogP) is 3.56. The van der Waals surface area contributed by atoms with E-state index < -0.39 is 0 Å². The zero-order valence-electron chi connectivity index (χ0n) is 15.1. The van der Waals surface area contributed by atoms with Crippen LogP contribution in [0.15, 0.2) is 36.5 Å². The Balaban J connectivity index is 1.48. The first-order valence-electron chi connectivity index (χ1n) is 9.18. The van der Waals surface area contributed by atoms with Crippen LogP contribution in [0.25, 0.3) is 16.7 Å². The number of rotatable bonds is 3. The van der Waals surface area contributed by atoms with Crippen LogP contribution < -0.4 is 0 Å². The number of H-pyrrole nitrogens is 1. The second-order valence-electron chi connectivity index (χ2n) is 7.21. The Morgan fingerprint density at radius 2 is 2.08 bits per heavy atom. The third-order valence-corrected chi connectivity index (χ3v) is 5.31. The molecule has 4 heterocycles. The van der Waals surface area contributed by atoms with Gasteiger partial charge in [0, 0.05) is 23.5 Å². The van der Waals surface area contributed by atoms with Crippen molar-refractivity contribution in [2.75, 3.05) is 6.54 Å². The standard InChI is InChI=1S/C20H22N6/c1-13-10-14(2)26-20(22-13)15(11-21-26)12-25-9-5-8-18(25)19-23-16-6-3-4-7-17(16)24-19/h3-4,6-7,10-11,18H,5,8-9,12H2,1-2H3,(H,23,24). The molecule has 5 rings (SSSR count). The number of hydrogen-bond acceptors (Lipinski definition) is 4. The van der Waals surface area contributed by atoms with Crippen molar-refractivity contribution in [3.05, 3.63) is 59.3 Å². The number of nitrogens with one attached hydrogen (secondary N) is 1. The number of aromatic nitrogens is 5. The second-order valence-corrected chi connectivity index (χ2v) is 7.21. The van der Waals surface area contributed by atoms with Gasteiger partial charge in [0.1, 0.15) is 5.82 Å². The van der Waals surface area contributed by atoms with Crippen LogP contribution in [0.4, 0.5) is 0 Å². The Bertz CT molecular complexity index is 1060. The molecule has 0 saturated carbocycles. The van der Waals surface area contributed by atoms with Gasteiger partial charge in [-0.1, -0.05) is 12.1 Å². The summed E-state index contributed by atoms with van der Waals surface area (Å²) in [6, 6.07) is 10.6. The normalized spacial score (nSPS) is 18.3. The zero-order valence-corrected chi connectivity index (χ0v) is 15.1. The SMILES string of the molecule is Cc1cc(C)n2ncc(CN3CCCC3c3nc4ccccc4[nH]3)c2n1. The first-order valence-corrected chi connectivity index (χ1v) is 9.18. The largest absolute Gasteiger partial charge is 0.341 e. The van der Waals surface area contributed by atoms with Gasteiger partial charge in [-0.05, 0) is 51.4 Å². The molecule has 1 saturated heterocycles. The molecular formula is C20H22N6. The molecule has 1 atom stereocenters. The molecule has 0 radical (unpaired) electrons. The lowest BCUT2D eigenvalue weighted by atomic mass is 10.2. The molecule has 0 aliphatic carbocycles. The highest BCUT2D eigenvalue weighted by atomic mass is 15.3. The Morgan fingerprint density at radius 1 is 1.19 bits per heavy atom. The number of likely N-dealkylation sites (tertiary alicyclic amines) is 1. The lowest BCUT2D eigenvalue weighted by Crippen LogP contribution is -2.23. The number of nitrogens with zero attached hydrogens (tertiary/aromatic N) is 5. The van der Waals surface area contributed by atoms with Gasteiger partial charge in [0.15, 0.2) is 5.65 Å². The summed E-state index contributed by atoms with van der Waals surface area (Å²) in [5, 5.41) is 4.54. The van der Waals surface area contributed by atoms with Gasteiger partial charge >= 0.3 is 0 Å². The second kappa shape index (κ2) is 5.92. The van der Waals surface area contributed by atoms with Crippen LogP contribution in [0.5, 0.6) is 0 Å². The Labute approximate surface area is 151 Å². The molecule has 4 aromatic rings. The number of fused-ring (bicyclic) bond motifs is 2. The number of benzene rings is 1. The molecule has 0 spiro atoms. The molecule has 132 valence electrons. The van der Waals surface area contributed by atoms with E-state index in [2.05, 4.69) is 40.1 Å². The van der Waals surface area contributed by atoms with Crippen molar-refractivity contribution in [3.63, 3.8) is 0 Å². The summed E-state index contributed by atoms with van der Waals surface area (Å²) >= 11 is 0. The maximum atomic E-state index is 4.83. The minimum Gasteiger partial charge on any atom is -0.341 e. The van der Waals surface area contributed by atoms with Crippen molar-refractivity contribution >= 4 is 16.7 Å². The lowest BCUT2D eigenvalue weighted by Gasteiger charge is -2.22. The third kappa shape index (κ3) is 2.49. The summed E-state index contributed by atoms with van der Waals surface area (Å²) in [7, 11) is 0. The van der Waals surface area contributed by atoms with Crippen LogP contribution in [0.2, 0.25) is 0 Å². The van der Waals surface area contributed by atoms with Gasteiger partial charge in [-0.15, -0.1) is 0 Å². The minimum atomic E-state index is 0.322. The van der Waals surface area contributed by atoms with Crippen molar-refractivity contribution in [2.24, 2.45) is 0 Å². The fourth-order valence-electron chi connectivity index (χ4n) is 4.10. The van der Waals surface area contributed by atoms with Crippen molar-refractivity contribution in [1.29, 1.82) is 0 Å². The van der Waals surface area contributed by atoms with Crippen LogP contribution in [-0.4, -0.2) is 36.0 Å². The summed E-state index contributed by atoms with van der Waals surface area (Å²) < 4.78 is 1.94. The number of hydrogen-bond donors (Lipinski definition) is 1. The van der Waals surface area contributed by atoms with Crippen LogP contribution in [0.1, 0.15) is 41.7 Å². The van der Waals surface area contributed by atoms with E-state index in [1.54, 1.807) is 0 Å². The zero-order chi connectivity index (χ0) is 17.7. The summed E-state index contributed by atoms with van der Waals surface area (Å²) in [6.45, 7) is 6.04. The van der Waals surface area contributed by atoms with E-state index in [-0.39, 0.29) is 0 Å². The maximum absolute atomic E-state index is 4.83. The molecule has 6 heteroatoms. The van der Waals surface area contributed by atoms with Gasteiger partial charge < -0.3 is 4.98 Å². The summed E-state index contributed by atoms with van der Waals surface area (Å²) in [5.74, 6) is 1.07. The van der Waals surface area contributed by atoms with Crippen molar-refractivity contribution < 1.29 is 0 Å². The van der Waals surface area contributed by atoms with Gasteiger partial charge in [-0.25, -0.2) is 14.5 Å². The van der Waals surface area contributed by atoms with Gasteiger partial charge in [-0.2, -0.15) is 5.10 Å². The van der Waals surface area contributed by atoms with Crippen molar-refractivity contribution in [1.82, 2.24) is 29.5 Å². The van der Waals surface area contributed by atoms with Gasteiger partial charge in [-0.3, -0.25) is 4.90 Å². The van der Waals surface area contributed by atoms with E-state index in [0.717, 1.165) is 53.4 Å². The molecule has 3 aromatic heterocycles. The molecule has 26 heavy (non-hydrogen) atoms. The van der Waals surface area contributed by atoms with E-state index in [4.69, 9.17) is 9.97 Å². The smallest absolute Gasteiger partial charge is 0.159 e. The van der Waals surface area contributed by atoms with E-state index in [1.165, 1.54) is 12.0 Å². The maximum Gasteiger partial charge on any atom is 0.159 e. The summed E-state index contributed by atoms with van der Waals surface area (Å²) in [5.41, 5.74) is 6.45. The summed E-state index contributed by atoms with van der Waals surface area (Å²) in [6.07, 6.45) is 4.28. The monoisotopic (exact) mass is 346 g/mol. The Hall–Kier alpha value is -2.73. The van der Waals surface area contributed by atoms with E-state index in [0.29, 0.717) is 6.04 Å². The molecule has 1 aliphatic rings. The predicted molar refractivity (Wildman–Crippen MR) is 101 cm³/mol. The van der Waals surface area contributed by atoms with E-state index >= 15 is 0 Å². The van der Waals surface area contributed by atoms with Gasteiger partial charge in [0.25, 0.3) is 0 Å². The molecule has 6 nitrogen and oxygen atoms in total. The van der Waals surface area contributed by atoms with Crippen LogP contribution in [0, 0.1) is 13.8 Å². The average Bonchev–Trinajstić information content (AvgIpc) is 3.33. The first kappa shape index (κ1) is 15.5. The van der Waals surface area contributed by atoms with Crippen LogP contribution in [0.3, 0.4) is 0 Å². The fraction of sp³-hybridized carbons (Fsp3) is 0.350. The molecule has 1 fully saturated rings. The van der Waals surface area contributed by atoms with Crippen molar-refractivity contribution in [2.45, 2.75) is 39.3 Å². The average molecular weight is 346 g/mol. The molecule has 1 unspecified atom stereocenters. The van der Waals surface area contributed by atoms with Crippen molar-refractivity contribution in [3.8, 4) is 0 Å². The van der Waals surface area contributed by atoms with Gasteiger partial charge in [0.2, 0.25) is 0 Å². The van der Waals surface area contributed by atoms with E-state index in [9.17, 15) is 0 Å². The fourth-order valence-corrected chi connectivity index (χ4v) is 4.10. The minimum absolute atomic E-state index is 0.322.